The van der Waals surface area contributed by atoms with Gasteiger partial charge in [0.1, 0.15) is 0 Å². The number of hydrogen-bond acceptors (Lipinski definition) is 3. The van der Waals surface area contributed by atoms with E-state index in [1.54, 1.807) is 0 Å². The molecule has 1 unspecified atom stereocenters. The molecule has 0 aromatic rings. The molecule has 1 rings (SSSR count). The number of hydrogen-bond donors (Lipinski definition) is 2. The van der Waals surface area contributed by atoms with Crippen LogP contribution >= 0.6 is 11.8 Å². The summed E-state index contributed by atoms with van der Waals surface area (Å²) in [7, 11) is 0. The van der Waals surface area contributed by atoms with Crippen LogP contribution in [0.5, 0.6) is 0 Å². The number of rotatable bonds is 8. The SMILES string of the molecule is CSCCC(CN)NCCC1CC1. The second-order valence-electron chi connectivity index (χ2n) is 3.90. The topological polar surface area (TPSA) is 38.0 Å². The maximum absolute atomic E-state index is 5.67. The average molecular weight is 202 g/mol. The summed E-state index contributed by atoms with van der Waals surface area (Å²) < 4.78 is 0. The highest BCUT2D eigenvalue weighted by Gasteiger charge is 2.20. The van der Waals surface area contributed by atoms with Gasteiger partial charge in [-0.25, -0.2) is 0 Å². The van der Waals surface area contributed by atoms with Crippen molar-refractivity contribution in [3.8, 4) is 0 Å². The van der Waals surface area contributed by atoms with E-state index in [4.69, 9.17) is 5.73 Å². The van der Waals surface area contributed by atoms with Gasteiger partial charge in [0, 0.05) is 12.6 Å². The third-order valence-corrected chi connectivity index (χ3v) is 3.28. The largest absolute Gasteiger partial charge is 0.329 e. The van der Waals surface area contributed by atoms with Gasteiger partial charge in [0.05, 0.1) is 0 Å². The molecule has 13 heavy (non-hydrogen) atoms. The Morgan fingerprint density at radius 3 is 2.85 bits per heavy atom. The minimum absolute atomic E-state index is 0.547. The van der Waals surface area contributed by atoms with Crippen molar-refractivity contribution in [3.05, 3.63) is 0 Å². The zero-order chi connectivity index (χ0) is 9.52. The monoisotopic (exact) mass is 202 g/mol. The average Bonchev–Trinajstić information content (AvgIpc) is 2.94. The smallest absolute Gasteiger partial charge is 0.0198 e. The lowest BCUT2D eigenvalue weighted by Crippen LogP contribution is -2.37. The Balaban J connectivity index is 1.93. The lowest BCUT2D eigenvalue weighted by Gasteiger charge is -2.15. The highest BCUT2D eigenvalue weighted by atomic mass is 32.2. The molecule has 2 nitrogen and oxygen atoms in total. The van der Waals surface area contributed by atoms with Gasteiger partial charge in [-0.15, -0.1) is 0 Å². The molecule has 0 amide bonds. The van der Waals surface area contributed by atoms with Gasteiger partial charge in [-0.1, -0.05) is 12.8 Å². The van der Waals surface area contributed by atoms with Crippen LogP contribution in [0, 0.1) is 5.92 Å². The first-order valence-corrected chi connectivity index (χ1v) is 6.68. The van der Waals surface area contributed by atoms with Crippen LogP contribution in [0.2, 0.25) is 0 Å². The molecule has 0 aliphatic heterocycles. The van der Waals surface area contributed by atoms with Crippen molar-refractivity contribution < 1.29 is 0 Å². The van der Waals surface area contributed by atoms with E-state index >= 15 is 0 Å². The summed E-state index contributed by atoms with van der Waals surface area (Å²) in [6, 6.07) is 0.547. The van der Waals surface area contributed by atoms with Crippen LogP contribution in [0.1, 0.15) is 25.7 Å². The normalized spacial score (nSPS) is 18.9. The number of nitrogens with two attached hydrogens (primary N) is 1. The second kappa shape index (κ2) is 6.68. The van der Waals surface area contributed by atoms with Crippen LogP contribution in [0.15, 0.2) is 0 Å². The van der Waals surface area contributed by atoms with Gasteiger partial charge in [-0.2, -0.15) is 11.8 Å². The van der Waals surface area contributed by atoms with E-state index in [1.807, 2.05) is 11.8 Å². The predicted molar refractivity (Wildman–Crippen MR) is 61.2 cm³/mol. The van der Waals surface area contributed by atoms with Crippen LogP contribution in [-0.2, 0) is 0 Å². The zero-order valence-electron chi connectivity index (χ0n) is 8.59. The zero-order valence-corrected chi connectivity index (χ0v) is 9.41. The molecule has 0 radical (unpaired) electrons. The second-order valence-corrected chi connectivity index (χ2v) is 4.89. The summed E-state index contributed by atoms with van der Waals surface area (Å²) >= 11 is 1.90. The van der Waals surface area contributed by atoms with E-state index in [0.29, 0.717) is 6.04 Å². The standard InChI is InChI=1S/C10H22N2S/c1-13-7-5-10(8-11)12-6-4-9-2-3-9/h9-10,12H,2-8,11H2,1H3. The summed E-state index contributed by atoms with van der Waals surface area (Å²) in [5, 5.41) is 3.54. The van der Waals surface area contributed by atoms with Gasteiger partial charge in [-0.05, 0) is 37.3 Å². The van der Waals surface area contributed by atoms with E-state index in [2.05, 4.69) is 11.6 Å². The summed E-state index contributed by atoms with van der Waals surface area (Å²) in [5.74, 6) is 2.25. The van der Waals surface area contributed by atoms with Crippen molar-refractivity contribution in [2.45, 2.75) is 31.7 Å². The van der Waals surface area contributed by atoms with Crippen molar-refractivity contribution in [1.29, 1.82) is 0 Å². The lowest BCUT2D eigenvalue weighted by molar-refractivity contribution is 0.490. The molecule has 0 spiro atoms. The van der Waals surface area contributed by atoms with Crippen LogP contribution in [-0.4, -0.2) is 31.1 Å². The molecule has 0 aromatic heterocycles. The molecule has 1 atom stereocenters. The molecule has 78 valence electrons. The van der Waals surface area contributed by atoms with E-state index in [-0.39, 0.29) is 0 Å². The number of thioether (sulfide) groups is 1. The maximum atomic E-state index is 5.67. The van der Waals surface area contributed by atoms with Crippen molar-refractivity contribution in [1.82, 2.24) is 5.32 Å². The van der Waals surface area contributed by atoms with E-state index < -0.39 is 0 Å². The third-order valence-electron chi connectivity index (χ3n) is 2.64. The Morgan fingerprint density at radius 2 is 2.31 bits per heavy atom. The molecule has 1 saturated carbocycles. The number of nitrogens with one attached hydrogen (secondary N) is 1. The maximum Gasteiger partial charge on any atom is 0.0198 e. The minimum atomic E-state index is 0.547. The first kappa shape index (κ1) is 11.3. The summed E-state index contributed by atoms with van der Waals surface area (Å²) in [5.41, 5.74) is 5.67. The molecule has 3 N–H and O–H groups in total. The van der Waals surface area contributed by atoms with Crippen molar-refractivity contribution in [2.24, 2.45) is 11.7 Å². The summed E-state index contributed by atoms with van der Waals surface area (Å²) in [6.07, 6.45) is 7.63. The van der Waals surface area contributed by atoms with Gasteiger partial charge in [0.25, 0.3) is 0 Å². The van der Waals surface area contributed by atoms with Gasteiger partial charge in [0.15, 0.2) is 0 Å². The van der Waals surface area contributed by atoms with Crippen LogP contribution in [0.4, 0.5) is 0 Å². The molecule has 0 aromatic carbocycles. The van der Waals surface area contributed by atoms with E-state index in [0.717, 1.165) is 12.5 Å². The first-order valence-electron chi connectivity index (χ1n) is 5.29. The molecule has 0 heterocycles. The van der Waals surface area contributed by atoms with Gasteiger partial charge in [0.2, 0.25) is 0 Å². The molecular weight excluding hydrogens is 180 g/mol. The molecular formula is C10H22N2S. The fourth-order valence-corrected chi connectivity index (χ4v) is 1.98. The quantitative estimate of drug-likeness (QED) is 0.626. The predicted octanol–water partition coefficient (Wildman–Crippen LogP) is 1.46. The Kier molecular flexibility index (Phi) is 5.83. The Bertz CT molecular complexity index is 126. The Morgan fingerprint density at radius 1 is 1.54 bits per heavy atom. The minimum Gasteiger partial charge on any atom is -0.329 e. The Hall–Kier alpha value is 0.270. The molecule has 1 aliphatic rings. The van der Waals surface area contributed by atoms with E-state index in [9.17, 15) is 0 Å². The van der Waals surface area contributed by atoms with E-state index in [1.165, 1.54) is 38.0 Å². The van der Waals surface area contributed by atoms with Crippen LogP contribution in [0.3, 0.4) is 0 Å². The lowest BCUT2D eigenvalue weighted by atomic mass is 10.2. The van der Waals surface area contributed by atoms with Crippen LogP contribution < -0.4 is 11.1 Å². The molecule has 1 aliphatic carbocycles. The van der Waals surface area contributed by atoms with Crippen molar-refractivity contribution >= 4 is 11.8 Å². The first-order chi connectivity index (χ1) is 6.36. The molecule has 0 saturated heterocycles. The van der Waals surface area contributed by atoms with Crippen molar-refractivity contribution in [3.63, 3.8) is 0 Å². The molecule has 3 heteroatoms. The van der Waals surface area contributed by atoms with Crippen LogP contribution in [0.25, 0.3) is 0 Å². The van der Waals surface area contributed by atoms with Gasteiger partial charge < -0.3 is 11.1 Å². The fourth-order valence-electron chi connectivity index (χ4n) is 1.46. The summed E-state index contributed by atoms with van der Waals surface area (Å²) in [6.45, 7) is 1.95. The fraction of sp³-hybridized carbons (Fsp3) is 1.00. The molecule has 1 fully saturated rings. The Labute approximate surface area is 86.0 Å². The third kappa shape index (κ3) is 5.55. The highest BCUT2D eigenvalue weighted by molar-refractivity contribution is 7.98. The molecule has 0 bridgehead atoms. The van der Waals surface area contributed by atoms with Gasteiger partial charge >= 0.3 is 0 Å². The highest BCUT2D eigenvalue weighted by Crippen LogP contribution is 2.31. The van der Waals surface area contributed by atoms with Gasteiger partial charge in [-0.3, -0.25) is 0 Å². The van der Waals surface area contributed by atoms with Crippen molar-refractivity contribution in [2.75, 3.05) is 25.1 Å². The summed E-state index contributed by atoms with van der Waals surface area (Å²) in [4.78, 5) is 0.